The van der Waals surface area contributed by atoms with Crippen LogP contribution in [0.3, 0.4) is 0 Å². The topological polar surface area (TPSA) is 99.5 Å². The zero-order valence-corrected chi connectivity index (χ0v) is 17.6. The number of pyridine rings is 1. The largest absolute Gasteiger partial charge is 0.508 e. The van der Waals surface area contributed by atoms with Crippen LogP contribution in [0.15, 0.2) is 77.7 Å². The summed E-state index contributed by atoms with van der Waals surface area (Å²) in [7, 11) is -3.91. The number of hydrogen-bond donors (Lipinski definition) is 3. The van der Waals surface area contributed by atoms with Crippen molar-refractivity contribution in [2.45, 2.75) is 4.90 Å². The van der Waals surface area contributed by atoms with Crippen LogP contribution in [0.5, 0.6) is 11.5 Å². The van der Waals surface area contributed by atoms with Crippen LogP contribution in [-0.4, -0.2) is 23.6 Å². The molecule has 1 heterocycles. The molecule has 1 aromatic heterocycles. The van der Waals surface area contributed by atoms with Crippen molar-refractivity contribution < 1.29 is 18.6 Å². The quantitative estimate of drug-likeness (QED) is 0.358. The molecule has 6 nitrogen and oxygen atoms in total. The van der Waals surface area contributed by atoms with Gasteiger partial charge in [0.25, 0.3) is 10.0 Å². The molecular formula is C23H17ClN2O4S. The van der Waals surface area contributed by atoms with Crippen LogP contribution in [0, 0.1) is 0 Å². The second kappa shape index (κ2) is 8.29. The van der Waals surface area contributed by atoms with Crippen LogP contribution in [0.2, 0.25) is 5.02 Å². The normalized spacial score (nSPS) is 11.8. The van der Waals surface area contributed by atoms with Gasteiger partial charge in [-0.2, -0.15) is 0 Å². The monoisotopic (exact) mass is 452 g/mol. The number of nitrogens with one attached hydrogen (secondary N) is 1. The third-order valence-corrected chi connectivity index (χ3v) is 6.26. The van der Waals surface area contributed by atoms with Gasteiger partial charge in [-0.05, 0) is 54.1 Å². The van der Waals surface area contributed by atoms with E-state index >= 15 is 0 Å². The van der Waals surface area contributed by atoms with Crippen LogP contribution in [0.1, 0.15) is 11.3 Å². The number of aromatic nitrogens is 1. The SMILES string of the molecule is O=S(=O)(Nc1cc(Cl)c2ccc(/C=C/c3ccc(O)cc3)nc2c1O)c1ccccc1. The summed E-state index contributed by atoms with van der Waals surface area (Å²) in [6.45, 7) is 0. The fourth-order valence-corrected chi connectivity index (χ4v) is 4.33. The maximum Gasteiger partial charge on any atom is 0.262 e. The molecule has 3 aromatic carbocycles. The number of hydrogen-bond acceptors (Lipinski definition) is 5. The maximum atomic E-state index is 12.6. The Labute approximate surface area is 184 Å². The molecule has 4 aromatic rings. The lowest BCUT2D eigenvalue weighted by atomic mass is 10.1. The molecule has 0 saturated carbocycles. The summed E-state index contributed by atoms with van der Waals surface area (Å²) < 4.78 is 27.6. The van der Waals surface area contributed by atoms with Crippen molar-refractivity contribution in [3.63, 3.8) is 0 Å². The Balaban J connectivity index is 1.72. The predicted molar refractivity (Wildman–Crippen MR) is 123 cm³/mol. The number of phenolic OH excluding ortho intramolecular Hbond substituents is 2. The van der Waals surface area contributed by atoms with Gasteiger partial charge in [-0.3, -0.25) is 4.72 Å². The molecule has 0 bridgehead atoms. The average molecular weight is 453 g/mol. The van der Waals surface area contributed by atoms with E-state index in [1.165, 1.54) is 18.2 Å². The van der Waals surface area contributed by atoms with Gasteiger partial charge in [0.1, 0.15) is 11.3 Å². The fraction of sp³-hybridized carbons (Fsp3) is 0. The molecule has 3 N–H and O–H groups in total. The van der Waals surface area contributed by atoms with E-state index < -0.39 is 10.0 Å². The lowest BCUT2D eigenvalue weighted by molar-refractivity contribution is 0.475. The number of aromatic hydroxyl groups is 2. The molecule has 8 heteroatoms. The summed E-state index contributed by atoms with van der Waals surface area (Å²) in [4.78, 5) is 4.49. The Hall–Kier alpha value is -3.55. The highest BCUT2D eigenvalue weighted by Gasteiger charge is 2.19. The van der Waals surface area contributed by atoms with Gasteiger partial charge >= 0.3 is 0 Å². The highest BCUT2D eigenvalue weighted by molar-refractivity contribution is 7.92. The lowest BCUT2D eigenvalue weighted by Crippen LogP contribution is -2.13. The summed E-state index contributed by atoms with van der Waals surface area (Å²) in [5, 5.41) is 20.8. The zero-order valence-electron chi connectivity index (χ0n) is 16.0. The van der Waals surface area contributed by atoms with Crippen molar-refractivity contribution in [1.29, 1.82) is 0 Å². The summed E-state index contributed by atoms with van der Waals surface area (Å²) in [6, 6.07) is 19.3. The predicted octanol–water partition coefficient (Wildman–Crippen LogP) is 5.27. The fourth-order valence-electron chi connectivity index (χ4n) is 2.99. The number of halogens is 1. The van der Waals surface area contributed by atoms with Crippen molar-refractivity contribution in [3.8, 4) is 11.5 Å². The van der Waals surface area contributed by atoms with Gasteiger partial charge in [-0.15, -0.1) is 0 Å². The highest BCUT2D eigenvalue weighted by Crippen LogP contribution is 2.38. The van der Waals surface area contributed by atoms with Crippen molar-refractivity contribution in [2.75, 3.05) is 4.72 Å². The Morgan fingerprint density at radius 2 is 1.61 bits per heavy atom. The van der Waals surface area contributed by atoms with Crippen LogP contribution < -0.4 is 4.72 Å². The molecule has 0 aliphatic heterocycles. The van der Waals surface area contributed by atoms with Crippen LogP contribution in [0.4, 0.5) is 5.69 Å². The summed E-state index contributed by atoms with van der Waals surface area (Å²) in [6.07, 6.45) is 3.54. The first-order valence-corrected chi connectivity index (χ1v) is 11.1. The second-order valence-corrected chi connectivity index (χ2v) is 8.82. The van der Waals surface area contributed by atoms with Gasteiger partial charge in [0.15, 0.2) is 5.75 Å². The number of benzene rings is 3. The van der Waals surface area contributed by atoms with E-state index in [1.54, 1.807) is 66.7 Å². The van der Waals surface area contributed by atoms with Gasteiger partial charge in [0.2, 0.25) is 0 Å². The number of sulfonamides is 1. The van der Waals surface area contributed by atoms with E-state index in [4.69, 9.17) is 11.6 Å². The van der Waals surface area contributed by atoms with Crippen LogP contribution >= 0.6 is 11.6 Å². The van der Waals surface area contributed by atoms with E-state index in [0.29, 0.717) is 11.1 Å². The molecule has 0 spiro atoms. The number of anilines is 1. The molecular weight excluding hydrogens is 436 g/mol. The maximum absolute atomic E-state index is 12.6. The molecule has 0 aliphatic rings. The van der Waals surface area contributed by atoms with Crippen LogP contribution in [0.25, 0.3) is 23.1 Å². The first-order valence-electron chi connectivity index (χ1n) is 9.21. The van der Waals surface area contributed by atoms with Crippen LogP contribution in [-0.2, 0) is 10.0 Å². The van der Waals surface area contributed by atoms with Gasteiger partial charge < -0.3 is 10.2 Å². The van der Waals surface area contributed by atoms with Gasteiger partial charge in [0, 0.05) is 5.39 Å². The van der Waals surface area contributed by atoms with E-state index in [0.717, 1.165) is 5.56 Å². The molecule has 0 unspecified atom stereocenters. The Morgan fingerprint density at radius 1 is 0.903 bits per heavy atom. The first-order chi connectivity index (χ1) is 14.8. The molecule has 31 heavy (non-hydrogen) atoms. The van der Waals surface area contributed by atoms with Crippen molar-refractivity contribution in [2.24, 2.45) is 0 Å². The zero-order chi connectivity index (χ0) is 22.0. The molecule has 0 fully saturated rings. The summed E-state index contributed by atoms with van der Waals surface area (Å²) >= 11 is 6.32. The molecule has 0 saturated heterocycles. The number of phenols is 2. The number of fused-ring (bicyclic) bond motifs is 1. The van der Waals surface area contributed by atoms with E-state index in [9.17, 15) is 18.6 Å². The number of rotatable bonds is 5. The molecule has 0 amide bonds. The number of nitrogens with zero attached hydrogens (tertiary/aromatic N) is 1. The van der Waals surface area contributed by atoms with E-state index in [1.807, 2.05) is 0 Å². The van der Waals surface area contributed by atoms with Crippen molar-refractivity contribution in [3.05, 3.63) is 89.1 Å². The molecule has 0 aliphatic carbocycles. The Bertz CT molecular complexity index is 1390. The molecule has 4 rings (SSSR count). The first kappa shape index (κ1) is 20.7. The molecule has 156 valence electrons. The smallest absolute Gasteiger partial charge is 0.262 e. The van der Waals surface area contributed by atoms with Gasteiger partial charge in [-0.1, -0.05) is 48.0 Å². The van der Waals surface area contributed by atoms with E-state index in [2.05, 4.69) is 9.71 Å². The third kappa shape index (κ3) is 4.47. The standard InChI is InChI=1S/C23H17ClN2O4S/c24-20-14-21(26-31(29,30)18-4-2-1-3-5-18)23(28)22-19(20)13-10-16(25-22)9-6-15-7-11-17(27)12-8-15/h1-14,26-28H/b9-6+. The van der Waals surface area contributed by atoms with E-state index in [-0.39, 0.29) is 32.6 Å². The van der Waals surface area contributed by atoms with Crippen molar-refractivity contribution >= 4 is 50.4 Å². The Kier molecular flexibility index (Phi) is 5.54. The minimum Gasteiger partial charge on any atom is -0.508 e. The van der Waals surface area contributed by atoms with Gasteiger partial charge in [0.05, 0.1) is 21.3 Å². The highest BCUT2D eigenvalue weighted by atomic mass is 35.5. The lowest BCUT2D eigenvalue weighted by Gasteiger charge is -2.12. The average Bonchev–Trinajstić information content (AvgIpc) is 2.77. The summed E-state index contributed by atoms with van der Waals surface area (Å²) in [5.41, 5.74) is 1.50. The minimum atomic E-state index is -3.91. The van der Waals surface area contributed by atoms with Crippen molar-refractivity contribution in [1.82, 2.24) is 4.98 Å². The Morgan fingerprint density at radius 3 is 2.32 bits per heavy atom. The second-order valence-electron chi connectivity index (χ2n) is 6.73. The minimum absolute atomic E-state index is 0.0594. The summed E-state index contributed by atoms with van der Waals surface area (Å²) in [5.74, 6) is -0.148. The molecule has 0 atom stereocenters. The third-order valence-electron chi connectivity index (χ3n) is 4.56. The van der Waals surface area contributed by atoms with Gasteiger partial charge in [-0.25, -0.2) is 13.4 Å². The molecule has 0 radical (unpaired) electrons.